The van der Waals surface area contributed by atoms with E-state index in [1.54, 1.807) is 0 Å². The molecule has 1 aromatic rings. The summed E-state index contributed by atoms with van der Waals surface area (Å²) < 4.78 is 0. The third kappa shape index (κ3) is 6.22. The van der Waals surface area contributed by atoms with E-state index in [0.717, 1.165) is 26.2 Å². The van der Waals surface area contributed by atoms with E-state index in [2.05, 4.69) is 68.4 Å². The van der Waals surface area contributed by atoms with Gasteiger partial charge in [0.15, 0.2) is 0 Å². The second-order valence-corrected chi connectivity index (χ2v) is 6.00. The molecule has 1 unspecified atom stereocenters. The van der Waals surface area contributed by atoms with E-state index in [0.29, 0.717) is 5.41 Å². The molecule has 0 heterocycles. The number of rotatable bonds is 9. The van der Waals surface area contributed by atoms with Crippen molar-refractivity contribution < 1.29 is 0 Å². The Balaban J connectivity index is 2.45. The quantitative estimate of drug-likeness (QED) is 0.685. The van der Waals surface area contributed by atoms with Gasteiger partial charge in [-0.2, -0.15) is 0 Å². The topological polar surface area (TPSA) is 15.3 Å². The lowest BCUT2D eigenvalue weighted by Gasteiger charge is -2.33. The Kier molecular flexibility index (Phi) is 7.11. The Morgan fingerprint density at radius 2 is 1.84 bits per heavy atom. The predicted octanol–water partition coefficient (Wildman–Crippen LogP) is 3.53. The molecular formula is C17H30N2. The van der Waals surface area contributed by atoms with Crippen LogP contribution < -0.4 is 5.32 Å². The fourth-order valence-corrected chi connectivity index (χ4v) is 2.46. The van der Waals surface area contributed by atoms with Gasteiger partial charge in [-0.15, -0.1) is 0 Å². The van der Waals surface area contributed by atoms with Crippen molar-refractivity contribution in [2.24, 2.45) is 5.41 Å². The largest absolute Gasteiger partial charge is 0.316 e. The van der Waals surface area contributed by atoms with E-state index in [1.807, 2.05) is 0 Å². The first-order chi connectivity index (χ1) is 9.09. The lowest BCUT2D eigenvalue weighted by atomic mass is 9.86. The molecule has 0 aliphatic rings. The summed E-state index contributed by atoms with van der Waals surface area (Å²) >= 11 is 0. The first-order valence-corrected chi connectivity index (χ1v) is 7.53. The van der Waals surface area contributed by atoms with Crippen LogP contribution in [0.4, 0.5) is 0 Å². The molecule has 0 aliphatic carbocycles. The van der Waals surface area contributed by atoms with Crippen molar-refractivity contribution >= 4 is 0 Å². The van der Waals surface area contributed by atoms with Crippen LogP contribution in [0.1, 0.15) is 39.2 Å². The van der Waals surface area contributed by atoms with E-state index in [1.165, 1.54) is 18.4 Å². The molecule has 2 nitrogen and oxygen atoms in total. The van der Waals surface area contributed by atoms with Crippen LogP contribution in [0.2, 0.25) is 0 Å². The third-order valence-electron chi connectivity index (χ3n) is 3.78. The van der Waals surface area contributed by atoms with Crippen molar-refractivity contribution in [2.45, 2.75) is 40.2 Å². The van der Waals surface area contributed by atoms with E-state index >= 15 is 0 Å². The maximum absolute atomic E-state index is 3.57. The number of nitrogens with zero attached hydrogens (tertiary/aromatic N) is 1. The second kappa shape index (κ2) is 8.34. The molecule has 0 amide bonds. The molecule has 0 bridgehead atoms. The lowest BCUT2D eigenvalue weighted by Crippen LogP contribution is -2.40. The van der Waals surface area contributed by atoms with Gasteiger partial charge < -0.3 is 10.2 Å². The molecule has 108 valence electrons. The van der Waals surface area contributed by atoms with E-state index < -0.39 is 0 Å². The molecule has 19 heavy (non-hydrogen) atoms. The van der Waals surface area contributed by atoms with Gasteiger partial charge in [0.25, 0.3) is 0 Å². The Morgan fingerprint density at radius 3 is 2.42 bits per heavy atom. The van der Waals surface area contributed by atoms with E-state index in [4.69, 9.17) is 0 Å². The predicted molar refractivity (Wildman–Crippen MR) is 84.3 cm³/mol. The second-order valence-electron chi connectivity index (χ2n) is 6.00. The molecule has 1 aromatic carbocycles. The van der Waals surface area contributed by atoms with Crippen LogP contribution in [-0.4, -0.2) is 31.6 Å². The molecule has 0 aliphatic heterocycles. The first-order valence-electron chi connectivity index (χ1n) is 7.53. The molecular weight excluding hydrogens is 232 g/mol. The van der Waals surface area contributed by atoms with Gasteiger partial charge in [-0.05, 0) is 37.4 Å². The first kappa shape index (κ1) is 16.2. The normalized spacial score (nSPS) is 14.6. The zero-order valence-corrected chi connectivity index (χ0v) is 13.1. The van der Waals surface area contributed by atoms with Gasteiger partial charge >= 0.3 is 0 Å². The van der Waals surface area contributed by atoms with Gasteiger partial charge in [0.1, 0.15) is 0 Å². The zero-order chi connectivity index (χ0) is 14.1. The molecule has 2 heteroatoms. The third-order valence-corrected chi connectivity index (χ3v) is 3.78. The van der Waals surface area contributed by atoms with Gasteiger partial charge in [0.2, 0.25) is 0 Å². The fourth-order valence-electron chi connectivity index (χ4n) is 2.46. The molecule has 0 saturated heterocycles. The highest BCUT2D eigenvalue weighted by molar-refractivity contribution is 5.14. The highest BCUT2D eigenvalue weighted by Gasteiger charge is 2.23. The molecule has 0 spiro atoms. The molecule has 1 atom stereocenters. The molecule has 0 radical (unpaired) electrons. The highest BCUT2D eigenvalue weighted by Crippen LogP contribution is 2.22. The van der Waals surface area contributed by atoms with Gasteiger partial charge in [-0.1, -0.05) is 51.1 Å². The summed E-state index contributed by atoms with van der Waals surface area (Å²) in [6, 6.07) is 10.7. The number of hydrogen-bond donors (Lipinski definition) is 1. The summed E-state index contributed by atoms with van der Waals surface area (Å²) in [6.45, 7) is 11.3. The maximum atomic E-state index is 3.57. The minimum atomic E-state index is 0.360. The maximum Gasteiger partial charge on any atom is 0.0230 e. The molecule has 1 rings (SSSR count). The average Bonchev–Trinajstić information content (AvgIpc) is 2.40. The summed E-state index contributed by atoms with van der Waals surface area (Å²) in [5, 5.41) is 3.57. The van der Waals surface area contributed by atoms with Crippen molar-refractivity contribution in [3.05, 3.63) is 35.9 Å². The van der Waals surface area contributed by atoms with Crippen LogP contribution in [0.25, 0.3) is 0 Å². The number of hydrogen-bond acceptors (Lipinski definition) is 2. The fraction of sp³-hybridized carbons (Fsp3) is 0.647. The van der Waals surface area contributed by atoms with Crippen LogP contribution in [0.15, 0.2) is 30.3 Å². The lowest BCUT2D eigenvalue weighted by molar-refractivity contribution is 0.175. The minimum absolute atomic E-state index is 0.360. The van der Waals surface area contributed by atoms with Crippen molar-refractivity contribution in [1.29, 1.82) is 0 Å². The van der Waals surface area contributed by atoms with Crippen LogP contribution in [0.5, 0.6) is 0 Å². The summed E-state index contributed by atoms with van der Waals surface area (Å²) in [4.78, 5) is 2.44. The van der Waals surface area contributed by atoms with Gasteiger partial charge in [0, 0.05) is 19.6 Å². The molecule has 0 aromatic heterocycles. The minimum Gasteiger partial charge on any atom is -0.316 e. The Labute approximate surface area is 119 Å². The van der Waals surface area contributed by atoms with Gasteiger partial charge in [-0.25, -0.2) is 0 Å². The van der Waals surface area contributed by atoms with Crippen molar-refractivity contribution in [1.82, 2.24) is 10.2 Å². The number of nitrogens with one attached hydrogen (secondary N) is 1. The van der Waals surface area contributed by atoms with Gasteiger partial charge in [-0.3, -0.25) is 0 Å². The zero-order valence-electron chi connectivity index (χ0n) is 13.1. The van der Waals surface area contributed by atoms with Crippen molar-refractivity contribution in [3.8, 4) is 0 Å². The summed E-state index contributed by atoms with van der Waals surface area (Å²) in [6.07, 6.45) is 2.42. The standard InChI is InChI=1S/C17H30N2/c1-5-12-18-14-17(3,6-2)15-19(4)13-16-10-8-7-9-11-16/h7-11,18H,5-6,12-15H2,1-4H3. The molecule has 0 fully saturated rings. The average molecular weight is 262 g/mol. The Morgan fingerprint density at radius 1 is 1.16 bits per heavy atom. The van der Waals surface area contributed by atoms with Crippen LogP contribution in [-0.2, 0) is 6.54 Å². The molecule has 1 N–H and O–H groups in total. The van der Waals surface area contributed by atoms with Crippen LogP contribution in [0, 0.1) is 5.41 Å². The molecule has 0 saturated carbocycles. The Hall–Kier alpha value is -0.860. The SMILES string of the molecule is CCCNCC(C)(CC)CN(C)Cc1ccccc1. The van der Waals surface area contributed by atoms with E-state index in [-0.39, 0.29) is 0 Å². The summed E-state index contributed by atoms with van der Waals surface area (Å²) in [7, 11) is 2.22. The van der Waals surface area contributed by atoms with Crippen molar-refractivity contribution in [3.63, 3.8) is 0 Å². The highest BCUT2D eigenvalue weighted by atomic mass is 15.1. The Bertz CT molecular complexity index is 336. The monoisotopic (exact) mass is 262 g/mol. The summed E-state index contributed by atoms with van der Waals surface area (Å²) in [5.41, 5.74) is 1.75. The van der Waals surface area contributed by atoms with Crippen molar-refractivity contribution in [2.75, 3.05) is 26.7 Å². The smallest absolute Gasteiger partial charge is 0.0230 e. The summed E-state index contributed by atoms with van der Waals surface area (Å²) in [5.74, 6) is 0. The van der Waals surface area contributed by atoms with Gasteiger partial charge in [0.05, 0.1) is 0 Å². The number of benzene rings is 1. The van der Waals surface area contributed by atoms with Crippen LogP contribution in [0.3, 0.4) is 0 Å². The van der Waals surface area contributed by atoms with E-state index in [9.17, 15) is 0 Å². The van der Waals surface area contributed by atoms with Crippen LogP contribution >= 0.6 is 0 Å².